The Hall–Kier alpha value is -2.44. The van der Waals surface area contributed by atoms with Crippen LogP contribution in [0.2, 0.25) is 0 Å². The maximum Gasteiger partial charge on any atom is 0.309 e. The molecule has 1 aromatic rings. The number of rotatable bonds is 5. The topological polar surface area (TPSA) is 98.5 Å². The summed E-state index contributed by atoms with van der Waals surface area (Å²) in [5.74, 6) is -0.567. The number of nitro benzene ring substituents is 1. The van der Waals surface area contributed by atoms with E-state index in [0.717, 1.165) is 6.42 Å². The van der Waals surface area contributed by atoms with Crippen molar-refractivity contribution in [3.05, 3.63) is 33.9 Å². The Morgan fingerprint density at radius 3 is 2.67 bits per heavy atom. The van der Waals surface area contributed by atoms with Crippen molar-refractivity contribution in [1.29, 1.82) is 0 Å². The smallest absolute Gasteiger partial charge is 0.309 e. The van der Waals surface area contributed by atoms with Crippen molar-refractivity contribution in [1.82, 2.24) is 0 Å². The molecule has 21 heavy (non-hydrogen) atoms. The summed E-state index contributed by atoms with van der Waals surface area (Å²) >= 11 is 0. The van der Waals surface area contributed by atoms with Gasteiger partial charge in [0.25, 0.3) is 11.6 Å². The predicted octanol–water partition coefficient (Wildman–Crippen LogP) is 2.04. The first-order valence-electron chi connectivity index (χ1n) is 6.60. The number of aryl methyl sites for hydroxylation is 1. The third kappa shape index (κ3) is 3.77. The highest BCUT2D eigenvalue weighted by atomic mass is 16.6. The van der Waals surface area contributed by atoms with Crippen molar-refractivity contribution < 1.29 is 19.2 Å². The van der Waals surface area contributed by atoms with Crippen LogP contribution in [0.1, 0.15) is 18.9 Å². The maximum atomic E-state index is 11.7. The lowest BCUT2D eigenvalue weighted by molar-refractivity contribution is -0.384. The summed E-state index contributed by atoms with van der Waals surface area (Å²) in [6.07, 6.45) is 0.807. The number of nitro groups is 1. The van der Waals surface area contributed by atoms with Gasteiger partial charge in [0.15, 0.2) is 6.61 Å². The summed E-state index contributed by atoms with van der Waals surface area (Å²) < 4.78 is 4.91. The van der Waals surface area contributed by atoms with E-state index in [-0.39, 0.29) is 24.2 Å². The summed E-state index contributed by atoms with van der Waals surface area (Å²) in [5, 5.41) is 13.2. The van der Waals surface area contributed by atoms with Gasteiger partial charge in [0.1, 0.15) is 0 Å². The Morgan fingerprint density at radius 1 is 1.48 bits per heavy atom. The van der Waals surface area contributed by atoms with E-state index in [0.29, 0.717) is 17.2 Å². The van der Waals surface area contributed by atoms with E-state index < -0.39 is 10.8 Å². The quantitative estimate of drug-likeness (QED) is 0.508. The molecule has 1 saturated carbocycles. The van der Waals surface area contributed by atoms with Crippen molar-refractivity contribution in [3.8, 4) is 0 Å². The normalized spacial score (nSPS) is 19.7. The minimum Gasteiger partial charge on any atom is -0.455 e. The van der Waals surface area contributed by atoms with Crippen LogP contribution < -0.4 is 5.32 Å². The Morgan fingerprint density at radius 2 is 2.14 bits per heavy atom. The first kappa shape index (κ1) is 15.0. The van der Waals surface area contributed by atoms with Crippen molar-refractivity contribution in [3.63, 3.8) is 0 Å². The fourth-order valence-electron chi connectivity index (χ4n) is 1.98. The van der Waals surface area contributed by atoms with Crippen molar-refractivity contribution >= 4 is 23.3 Å². The molecule has 1 aliphatic rings. The monoisotopic (exact) mass is 292 g/mol. The van der Waals surface area contributed by atoms with Crippen LogP contribution in [0.25, 0.3) is 0 Å². The van der Waals surface area contributed by atoms with Gasteiger partial charge in [0.05, 0.1) is 10.8 Å². The molecular weight excluding hydrogens is 276 g/mol. The summed E-state index contributed by atoms with van der Waals surface area (Å²) in [5.41, 5.74) is 0.987. The third-order valence-electron chi connectivity index (χ3n) is 3.45. The van der Waals surface area contributed by atoms with Crippen LogP contribution in [0.4, 0.5) is 11.4 Å². The second-order valence-electron chi connectivity index (χ2n) is 5.23. The minimum absolute atomic E-state index is 0.0420. The van der Waals surface area contributed by atoms with Crippen LogP contribution in [-0.2, 0) is 14.3 Å². The van der Waals surface area contributed by atoms with E-state index in [4.69, 9.17) is 4.74 Å². The molecule has 0 heterocycles. The maximum absolute atomic E-state index is 11.7. The van der Waals surface area contributed by atoms with Crippen LogP contribution in [-0.4, -0.2) is 23.4 Å². The SMILES string of the molecule is Cc1cc([N+](=O)[O-])ccc1NC(=O)COC(=O)[C@H]1C[C@H]1C. The van der Waals surface area contributed by atoms with E-state index in [2.05, 4.69) is 5.32 Å². The Labute approximate surface area is 121 Å². The highest BCUT2D eigenvalue weighted by molar-refractivity contribution is 5.93. The number of anilines is 1. The Kier molecular flexibility index (Phi) is 4.21. The van der Waals surface area contributed by atoms with Gasteiger partial charge in [0.2, 0.25) is 0 Å². The van der Waals surface area contributed by atoms with Gasteiger partial charge in [-0.15, -0.1) is 0 Å². The lowest BCUT2D eigenvalue weighted by atomic mass is 10.2. The first-order chi connectivity index (χ1) is 9.88. The average molecular weight is 292 g/mol. The molecule has 0 radical (unpaired) electrons. The van der Waals surface area contributed by atoms with Crippen LogP contribution in [0, 0.1) is 28.9 Å². The number of nitrogens with zero attached hydrogens (tertiary/aromatic N) is 1. The van der Waals surface area contributed by atoms with Crippen LogP contribution >= 0.6 is 0 Å². The molecule has 0 bridgehead atoms. The van der Waals surface area contributed by atoms with Gasteiger partial charge < -0.3 is 10.1 Å². The van der Waals surface area contributed by atoms with Gasteiger partial charge in [-0.2, -0.15) is 0 Å². The molecule has 7 heteroatoms. The molecule has 1 aliphatic carbocycles. The van der Waals surface area contributed by atoms with E-state index in [1.54, 1.807) is 6.92 Å². The number of carbonyl (C=O) groups excluding carboxylic acids is 2. The zero-order valence-electron chi connectivity index (χ0n) is 11.8. The van der Waals surface area contributed by atoms with Gasteiger partial charge in [-0.1, -0.05) is 6.92 Å². The van der Waals surface area contributed by atoms with Gasteiger partial charge in [-0.25, -0.2) is 0 Å². The summed E-state index contributed by atoms with van der Waals surface area (Å²) in [6.45, 7) is 3.26. The molecule has 1 fully saturated rings. The predicted molar refractivity (Wildman–Crippen MR) is 74.7 cm³/mol. The largest absolute Gasteiger partial charge is 0.455 e. The lowest BCUT2D eigenvalue weighted by Gasteiger charge is -2.08. The zero-order chi connectivity index (χ0) is 15.6. The molecule has 1 N–H and O–H groups in total. The van der Waals surface area contributed by atoms with Crippen molar-refractivity contribution in [2.45, 2.75) is 20.3 Å². The number of ether oxygens (including phenoxy) is 1. The molecule has 112 valence electrons. The molecule has 7 nitrogen and oxygen atoms in total. The van der Waals surface area contributed by atoms with E-state index in [1.807, 2.05) is 6.92 Å². The first-order valence-corrected chi connectivity index (χ1v) is 6.60. The van der Waals surface area contributed by atoms with Crippen LogP contribution in [0.3, 0.4) is 0 Å². The Balaban J connectivity index is 1.87. The van der Waals surface area contributed by atoms with Crippen LogP contribution in [0.5, 0.6) is 0 Å². The van der Waals surface area contributed by atoms with E-state index >= 15 is 0 Å². The number of esters is 1. The van der Waals surface area contributed by atoms with Gasteiger partial charge >= 0.3 is 5.97 Å². The van der Waals surface area contributed by atoms with Gasteiger partial charge in [-0.05, 0) is 30.9 Å². The molecule has 0 saturated heterocycles. The van der Waals surface area contributed by atoms with Crippen LogP contribution in [0.15, 0.2) is 18.2 Å². The number of amides is 1. The van der Waals surface area contributed by atoms with Gasteiger partial charge in [0, 0.05) is 17.8 Å². The zero-order valence-corrected chi connectivity index (χ0v) is 11.8. The summed E-state index contributed by atoms with van der Waals surface area (Å²) in [4.78, 5) is 33.3. The standard InChI is InChI=1S/C14H16N2O5/c1-8-6-11(8)14(18)21-7-13(17)15-12-4-3-10(16(19)20)5-9(12)2/h3-5,8,11H,6-7H2,1-2H3,(H,15,17)/t8-,11+/m1/s1. The van der Waals surface area contributed by atoms with E-state index in [1.165, 1.54) is 18.2 Å². The molecule has 1 amide bonds. The highest BCUT2D eigenvalue weighted by Gasteiger charge is 2.40. The molecule has 0 aliphatic heterocycles. The number of hydrogen-bond donors (Lipinski definition) is 1. The summed E-state index contributed by atoms with van der Waals surface area (Å²) in [6, 6.07) is 4.13. The fourth-order valence-corrected chi connectivity index (χ4v) is 1.98. The Bertz CT molecular complexity index is 599. The second kappa shape index (κ2) is 5.90. The van der Waals surface area contributed by atoms with Crippen molar-refractivity contribution in [2.24, 2.45) is 11.8 Å². The molecule has 2 atom stereocenters. The van der Waals surface area contributed by atoms with Crippen molar-refractivity contribution in [2.75, 3.05) is 11.9 Å². The molecule has 0 spiro atoms. The molecule has 0 unspecified atom stereocenters. The molecular formula is C14H16N2O5. The second-order valence-corrected chi connectivity index (χ2v) is 5.23. The summed E-state index contributed by atoms with van der Waals surface area (Å²) in [7, 11) is 0. The number of nitrogens with one attached hydrogen (secondary N) is 1. The van der Waals surface area contributed by atoms with E-state index in [9.17, 15) is 19.7 Å². The molecule has 0 aromatic heterocycles. The fraction of sp³-hybridized carbons (Fsp3) is 0.429. The number of hydrogen-bond acceptors (Lipinski definition) is 5. The highest BCUT2D eigenvalue weighted by Crippen LogP contribution is 2.38. The average Bonchev–Trinajstić information content (AvgIpc) is 3.15. The third-order valence-corrected chi connectivity index (χ3v) is 3.45. The molecule has 2 rings (SSSR count). The lowest BCUT2D eigenvalue weighted by Crippen LogP contribution is -2.22. The number of carbonyl (C=O) groups is 2. The van der Waals surface area contributed by atoms with Gasteiger partial charge in [-0.3, -0.25) is 19.7 Å². The molecule has 1 aromatic carbocycles. The number of benzene rings is 1. The number of non-ortho nitro benzene ring substituents is 1. The minimum atomic E-state index is -0.503.